The summed E-state index contributed by atoms with van der Waals surface area (Å²) in [6, 6.07) is 20.4. The molecule has 0 aliphatic heterocycles. The van der Waals surface area contributed by atoms with Gasteiger partial charge in [-0.3, -0.25) is 0 Å². The van der Waals surface area contributed by atoms with Crippen LogP contribution in [0.4, 0.5) is 16.2 Å². The molecule has 1 heterocycles. The Balaban J connectivity index is 1.48. The largest absolute Gasteiger partial charge is 0.494 e. The number of halogens is 2. The lowest BCUT2D eigenvalue weighted by Gasteiger charge is -2.12. The molecule has 0 aliphatic rings. The lowest BCUT2D eigenvalue weighted by molar-refractivity contribution is 0.386. The molecule has 0 saturated heterocycles. The zero-order valence-corrected chi connectivity index (χ0v) is 17.8. The fourth-order valence-corrected chi connectivity index (χ4v) is 3.38. The predicted octanol–water partition coefficient (Wildman–Crippen LogP) is 5.70. The van der Waals surface area contributed by atoms with Gasteiger partial charge in [0.05, 0.1) is 12.6 Å². The summed E-state index contributed by atoms with van der Waals surface area (Å²) >= 11 is 5.97. The summed E-state index contributed by atoms with van der Waals surface area (Å²) in [4.78, 5) is 9.29. The van der Waals surface area contributed by atoms with Gasteiger partial charge in [-0.15, -0.1) is 0 Å². The van der Waals surface area contributed by atoms with Crippen molar-refractivity contribution in [3.8, 4) is 5.75 Å². The van der Waals surface area contributed by atoms with Crippen molar-refractivity contribution in [2.24, 2.45) is 0 Å². The first-order valence-electron chi connectivity index (χ1n) is 9.94. The van der Waals surface area contributed by atoms with Gasteiger partial charge in [0.25, 0.3) is 0 Å². The van der Waals surface area contributed by atoms with Gasteiger partial charge in [-0.2, -0.15) is 4.98 Å². The van der Waals surface area contributed by atoms with Crippen LogP contribution in [-0.2, 0) is 13.0 Å². The van der Waals surface area contributed by atoms with E-state index in [1.54, 1.807) is 12.1 Å². The van der Waals surface area contributed by atoms with E-state index >= 15 is 0 Å². The molecule has 0 aliphatic carbocycles. The number of fused-ring (bicyclic) bond motifs is 1. The quantitative estimate of drug-likeness (QED) is 0.371. The van der Waals surface area contributed by atoms with E-state index in [0.29, 0.717) is 30.5 Å². The topological polar surface area (TPSA) is 59.1 Å². The number of nitrogens with zero attached hydrogens (tertiary/aromatic N) is 2. The molecule has 2 N–H and O–H groups in total. The summed E-state index contributed by atoms with van der Waals surface area (Å²) in [6.07, 6.45) is 0.681. The van der Waals surface area contributed by atoms with Crippen LogP contribution in [0.3, 0.4) is 0 Å². The lowest BCUT2D eigenvalue weighted by Crippen LogP contribution is -2.10. The van der Waals surface area contributed by atoms with Crippen LogP contribution in [0.15, 0.2) is 66.7 Å². The summed E-state index contributed by atoms with van der Waals surface area (Å²) in [5.41, 5.74) is 2.92. The van der Waals surface area contributed by atoms with Gasteiger partial charge in [0.15, 0.2) is 11.6 Å². The molecule has 0 amide bonds. The molecule has 5 nitrogen and oxygen atoms in total. The minimum atomic E-state index is -0.367. The SMILES string of the molecule is COc1cc(CCNc2nc(NCc3ccc(Cl)cc3)c3ccccc3n2)ccc1F. The molecule has 0 spiro atoms. The number of aromatic nitrogens is 2. The van der Waals surface area contributed by atoms with E-state index in [-0.39, 0.29) is 11.6 Å². The van der Waals surface area contributed by atoms with Crippen molar-refractivity contribution in [2.75, 3.05) is 24.3 Å². The molecule has 7 heteroatoms. The molecule has 0 saturated carbocycles. The first-order valence-corrected chi connectivity index (χ1v) is 10.3. The second-order valence-electron chi connectivity index (χ2n) is 7.04. The molecule has 3 aromatic carbocycles. The zero-order chi connectivity index (χ0) is 21.6. The number of methoxy groups -OCH3 is 1. The summed E-state index contributed by atoms with van der Waals surface area (Å²) in [5, 5.41) is 8.33. The fourth-order valence-electron chi connectivity index (χ4n) is 3.26. The predicted molar refractivity (Wildman–Crippen MR) is 123 cm³/mol. The third kappa shape index (κ3) is 5.22. The highest BCUT2D eigenvalue weighted by Gasteiger charge is 2.08. The second-order valence-corrected chi connectivity index (χ2v) is 7.48. The number of para-hydroxylation sites is 1. The van der Waals surface area contributed by atoms with Crippen LogP contribution in [0.2, 0.25) is 5.02 Å². The fraction of sp³-hybridized carbons (Fsp3) is 0.167. The third-order valence-electron chi connectivity index (χ3n) is 4.89. The van der Waals surface area contributed by atoms with E-state index in [2.05, 4.69) is 20.6 Å². The van der Waals surface area contributed by atoms with Crippen molar-refractivity contribution in [2.45, 2.75) is 13.0 Å². The Morgan fingerprint density at radius 3 is 2.52 bits per heavy atom. The monoisotopic (exact) mass is 436 g/mol. The van der Waals surface area contributed by atoms with E-state index in [0.717, 1.165) is 27.8 Å². The van der Waals surface area contributed by atoms with Crippen molar-refractivity contribution >= 4 is 34.3 Å². The Morgan fingerprint density at radius 1 is 0.935 bits per heavy atom. The Bertz CT molecular complexity index is 1180. The molecule has 0 atom stereocenters. The van der Waals surface area contributed by atoms with E-state index in [1.165, 1.54) is 13.2 Å². The number of hydrogen-bond acceptors (Lipinski definition) is 5. The molecule has 0 fully saturated rings. The highest BCUT2D eigenvalue weighted by Crippen LogP contribution is 2.23. The first-order chi connectivity index (χ1) is 15.1. The normalized spacial score (nSPS) is 10.8. The average Bonchev–Trinajstić information content (AvgIpc) is 2.79. The lowest BCUT2D eigenvalue weighted by atomic mass is 10.1. The van der Waals surface area contributed by atoms with Crippen molar-refractivity contribution in [1.29, 1.82) is 0 Å². The second kappa shape index (κ2) is 9.62. The van der Waals surface area contributed by atoms with E-state index in [4.69, 9.17) is 16.3 Å². The van der Waals surface area contributed by atoms with Gasteiger partial charge in [0.2, 0.25) is 5.95 Å². The highest BCUT2D eigenvalue weighted by molar-refractivity contribution is 6.30. The van der Waals surface area contributed by atoms with Gasteiger partial charge in [-0.1, -0.05) is 41.9 Å². The Kier molecular flexibility index (Phi) is 6.48. The van der Waals surface area contributed by atoms with Crippen LogP contribution < -0.4 is 15.4 Å². The van der Waals surface area contributed by atoms with Crippen molar-refractivity contribution in [3.63, 3.8) is 0 Å². The number of benzene rings is 3. The van der Waals surface area contributed by atoms with Gasteiger partial charge >= 0.3 is 0 Å². The van der Waals surface area contributed by atoms with Crippen LogP contribution in [0.1, 0.15) is 11.1 Å². The maximum absolute atomic E-state index is 13.6. The van der Waals surface area contributed by atoms with Crippen molar-refractivity contribution < 1.29 is 9.13 Å². The van der Waals surface area contributed by atoms with Crippen LogP contribution >= 0.6 is 11.6 Å². The number of rotatable bonds is 8. The van der Waals surface area contributed by atoms with Gasteiger partial charge < -0.3 is 15.4 Å². The first kappa shape index (κ1) is 20.9. The molecule has 0 bridgehead atoms. The minimum Gasteiger partial charge on any atom is -0.494 e. The molecule has 0 unspecified atom stereocenters. The van der Waals surface area contributed by atoms with Gasteiger partial charge in [-0.25, -0.2) is 9.37 Å². The Hall–Kier alpha value is -3.38. The van der Waals surface area contributed by atoms with Crippen LogP contribution in [0, 0.1) is 5.82 Å². The Labute approximate surface area is 185 Å². The van der Waals surface area contributed by atoms with Crippen LogP contribution in [-0.4, -0.2) is 23.6 Å². The highest BCUT2D eigenvalue weighted by atomic mass is 35.5. The van der Waals surface area contributed by atoms with Crippen LogP contribution in [0.25, 0.3) is 10.9 Å². The summed E-state index contributed by atoms with van der Waals surface area (Å²) in [5.74, 6) is 1.17. The van der Waals surface area contributed by atoms with Gasteiger partial charge in [-0.05, 0) is 53.9 Å². The molecule has 31 heavy (non-hydrogen) atoms. The smallest absolute Gasteiger partial charge is 0.225 e. The molecule has 158 valence electrons. The molecule has 4 rings (SSSR count). The molecule has 4 aromatic rings. The molecule has 0 radical (unpaired) electrons. The third-order valence-corrected chi connectivity index (χ3v) is 5.14. The van der Waals surface area contributed by atoms with Crippen molar-refractivity contribution in [1.82, 2.24) is 9.97 Å². The number of anilines is 2. The van der Waals surface area contributed by atoms with Crippen LogP contribution in [0.5, 0.6) is 5.75 Å². The molecular weight excluding hydrogens is 415 g/mol. The maximum Gasteiger partial charge on any atom is 0.225 e. The number of hydrogen-bond donors (Lipinski definition) is 2. The summed E-state index contributed by atoms with van der Waals surface area (Å²) in [7, 11) is 1.46. The minimum absolute atomic E-state index is 0.244. The molecular formula is C24H22ClFN4O. The summed E-state index contributed by atoms with van der Waals surface area (Å²) < 4.78 is 18.6. The van der Waals surface area contributed by atoms with Gasteiger partial charge in [0.1, 0.15) is 5.82 Å². The van der Waals surface area contributed by atoms with Crippen molar-refractivity contribution in [3.05, 3.63) is 88.7 Å². The maximum atomic E-state index is 13.6. The van der Waals surface area contributed by atoms with E-state index in [1.807, 2.05) is 48.5 Å². The Morgan fingerprint density at radius 2 is 1.71 bits per heavy atom. The number of ether oxygens (including phenoxy) is 1. The standard InChI is InChI=1S/C24H22ClFN4O/c1-31-22-14-16(8-11-20(22)26)12-13-27-24-29-21-5-3-2-4-19(21)23(30-24)28-15-17-6-9-18(25)10-7-17/h2-11,14H,12-13,15H2,1H3,(H2,27,28,29,30). The summed E-state index contributed by atoms with van der Waals surface area (Å²) in [6.45, 7) is 1.22. The zero-order valence-electron chi connectivity index (χ0n) is 17.0. The average molecular weight is 437 g/mol. The van der Waals surface area contributed by atoms with E-state index < -0.39 is 0 Å². The van der Waals surface area contributed by atoms with Gasteiger partial charge in [0, 0.05) is 23.5 Å². The number of nitrogens with one attached hydrogen (secondary N) is 2. The van der Waals surface area contributed by atoms with E-state index in [9.17, 15) is 4.39 Å². The molecule has 1 aromatic heterocycles.